The molecule has 0 amide bonds. The fraction of sp³-hybridized carbons (Fsp3) is 0.474. The van der Waals surface area contributed by atoms with Crippen LogP contribution in [-0.2, 0) is 5.41 Å². The van der Waals surface area contributed by atoms with E-state index in [-0.39, 0.29) is 5.41 Å². The zero-order valence-electron chi connectivity index (χ0n) is 12.6. The second kappa shape index (κ2) is 6.88. The Morgan fingerprint density at radius 1 is 1.15 bits per heavy atom. The van der Waals surface area contributed by atoms with Gasteiger partial charge < -0.3 is 0 Å². The van der Waals surface area contributed by atoms with Gasteiger partial charge in [0.2, 0.25) is 0 Å². The van der Waals surface area contributed by atoms with Gasteiger partial charge >= 0.3 is 0 Å². The number of benzene rings is 1. The molecule has 0 radical (unpaired) electrons. The Morgan fingerprint density at radius 3 is 2.35 bits per heavy atom. The number of alkyl halides is 1. The van der Waals surface area contributed by atoms with Crippen molar-refractivity contribution in [2.24, 2.45) is 0 Å². The minimum absolute atomic E-state index is 0.0830. The lowest BCUT2D eigenvalue weighted by atomic mass is 9.64. The van der Waals surface area contributed by atoms with E-state index in [0.717, 1.165) is 0 Å². The van der Waals surface area contributed by atoms with E-state index in [4.69, 9.17) is 0 Å². The van der Waals surface area contributed by atoms with Gasteiger partial charge in [-0.15, -0.1) is 0 Å². The van der Waals surface area contributed by atoms with Crippen molar-refractivity contribution in [1.29, 1.82) is 0 Å². The van der Waals surface area contributed by atoms with Crippen LogP contribution >= 0.6 is 0 Å². The van der Waals surface area contributed by atoms with Gasteiger partial charge in [0.15, 0.2) is 0 Å². The summed E-state index contributed by atoms with van der Waals surface area (Å²) in [5.74, 6) is 0. The Labute approximate surface area is 122 Å². The van der Waals surface area contributed by atoms with Crippen LogP contribution in [-0.4, -0.2) is 6.17 Å². The van der Waals surface area contributed by atoms with Crippen LogP contribution in [0.4, 0.5) is 4.39 Å². The van der Waals surface area contributed by atoms with Crippen LogP contribution in [0.3, 0.4) is 0 Å². The van der Waals surface area contributed by atoms with Gasteiger partial charge in [-0.25, -0.2) is 4.39 Å². The zero-order valence-corrected chi connectivity index (χ0v) is 12.6. The average Bonchev–Trinajstić information content (AvgIpc) is 2.49. The van der Waals surface area contributed by atoms with Crippen molar-refractivity contribution in [3.63, 3.8) is 0 Å². The molecule has 1 aromatic carbocycles. The molecule has 1 aliphatic carbocycles. The van der Waals surface area contributed by atoms with Crippen molar-refractivity contribution in [2.45, 2.75) is 57.5 Å². The zero-order chi connectivity index (χ0) is 14.4. The maximum atomic E-state index is 13.2. The molecule has 1 saturated carbocycles. The van der Waals surface area contributed by atoms with E-state index in [1.165, 1.54) is 43.2 Å². The molecule has 1 atom stereocenters. The minimum atomic E-state index is -0.888. The molecule has 1 heteroatoms. The molecule has 0 saturated heterocycles. The quantitative estimate of drug-likeness (QED) is 0.612. The van der Waals surface area contributed by atoms with Crippen LogP contribution in [0.15, 0.2) is 54.1 Å². The van der Waals surface area contributed by atoms with E-state index >= 15 is 0 Å². The third-order valence-corrected chi connectivity index (χ3v) is 4.44. The van der Waals surface area contributed by atoms with Gasteiger partial charge in [0, 0.05) is 5.41 Å². The summed E-state index contributed by atoms with van der Waals surface area (Å²) < 4.78 is 13.2. The second-order valence-corrected chi connectivity index (χ2v) is 5.79. The fourth-order valence-electron chi connectivity index (χ4n) is 3.42. The molecule has 1 unspecified atom stereocenters. The third-order valence-electron chi connectivity index (χ3n) is 4.44. The molecule has 1 aliphatic rings. The Bertz CT molecular complexity index is 462. The predicted octanol–water partition coefficient (Wildman–Crippen LogP) is 5.75. The molecule has 2 rings (SSSR count). The highest BCUT2D eigenvalue weighted by Gasteiger charge is 2.35. The van der Waals surface area contributed by atoms with E-state index in [9.17, 15) is 4.39 Å². The summed E-state index contributed by atoms with van der Waals surface area (Å²) in [4.78, 5) is 0. The number of rotatable bonds is 4. The highest BCUT2D eigenvalue weighted by molar-refractivity contribution is 5.42. The second-order valence-electron chi connectivity index (χ2n) is 5.79. The van der Waals surface area contributed by atoms with Crippen molar-refractivity contribution < 1.29 is 4.39 Å². The first-order valence-corrected chi connectivity index (χ1v) is 7.73. The topological polar surface area (TPSA) is 0 Å². The molecule has 0 aliphatic heterocycles. The number of hydrogen-bond acceptors (Lipinski definition) is 0. The lowest BCUT2D eigenvalue weighted by Crippen LogP contribution is -2.30. The fourth-order valence-corrected chi connectivity index (χ4v) is 3.42. The first kappa shape index (κ1) is 15.0. The highest BCUT2D eigenvalue weighted by atomic mass is 19.1. The summed E-state index contributed by atoms with van der Waals surface area (Å²) in [5.41, 5.74) is 2.73. The van der Waals surface area contributed by atoms with Gasteiger partial charge in [0.05, 0.1) is 0 Å². The summed E-state index contributed by atoms with van der Waals surface area (Å²) in [6.07, 6.45) is 11.1. The van der Waals surface area contributed by atoms with E-state index in [2.05, 4.69) is 43.3 Å². The summed E-state index contributed by atoms with van der Waals surface area (Å²) in [6.45, 7) is 3.65. The standard InChI is InChI=1S/C19H25F/c1-3-17(13-12-16(2)20)19(14-8-5-9-15-19)18-10-6-4-7-11-18/h3-4,6-7,10-13,16H,5,8-9,14-15H2,1-2H3/b13-12-,17-3+. The summed E-state index contributed by atoms with van der Waals surface area (Å²) in [7, 11) is 0. The molecule has 1 fully saturated rings. The average molecular weight is 272 g/mol. The molecule has 20 heavy (non-hydrogen) atoms. The monoisotopic (exact) mass is 272 g/mol. The number of halogens is 1. The van der Waals surface area contributed by atoms with Crippen LogP contribution in [0.5, 0.6) is 0 Å². The van der Waals surface area contributed by atoms with Crippen molar-refractivity contribution in [1.82, 2.24) is 0 Å². The molecule has 1 aromatic rings. The number of allylic oxidation sites excluding steroid dienone is 4. The van der Waals surface area contributed by atoms with Crippen LogP contribution in [0.1, 0.15) is 51.5 Å². The van der Waals surface area contributed by atoms with Crippen molar-refractivity contribution in [3.8, 4) is 0 Å². The molecular weight excluding hydrogens is 247 g/mol. The largest absolute Gasteiger partial charge is 0.243 e. The molecule has 0 N–H and O–H groups in total. The lowest BCUT2D eigenvalue weighted by Gasteiger charge is -2.39. The van der Waals surface area contributed by atoms with Gasteiger partial charge in [-0.3, -0.25) is 0 Å². The molecule has 0 aromatic heterocycles. The summed E-state index contributed by atoms with van der Waals surface area (Å²) >= 11 is 0. The van der Waals surface area contributed by atoms with E-state index in [0.29, 0.717) is 0 Å². The Hall–Kier alpha value is -1.37. The van der Waals surface area contributed by atoms with Crippen LogP contribution < -0.4 is 0 Å². The highest BCUT2D eigenvalue weighted by Crippen LogP contribution is 2.45. The van der Waals surface area contributed by atoms with Crippen LogP contribution in [0.2, 0.25) is 0 Å². The molecule has 0 heterocycles. The summed E-state index contributed by atoms with van der Waals surface area (Å²) in [5, 5.41) is 0. The maximum Gasteiger partial charge on any atom is 0.116 e. The summed E-state index contributed by atoms with van der Waals surface area (Å²) in [6, 6.07) is 10.7. The minimum Gasteiger partial charge on any atom is -0.243 e. The molecular formula is C19H25F. The van der Waals surface area contributed by atoms with Gasteiger partial charge in [0.1, 0.15) is 6.17 Å². The predicted molar refractivity (Wildman–Crippen MR) is 84.7 cm³/mol. The Morgan fingerprint density at radius 2 is 1.80 bits per heavy atom. The SMILES string of the molecule is C/C=C(\C=C/C(C)F)C1(c2ccccc2)CCCCC1. The van der Waals surface area contributed by atoms with E-state index in [1.54, 1.807) is 13.0 Å². The normalized spacial score (nSPS) is 21.1. The van der Waals surface area contributed by atoms with E-state index in [1.807, 2.05) is 6.08 Å². The van der Waals surface area contributed by atoms with Gasteiger partial charge in [-0.05, 0) is 37.8 Å². The Kier molecular flexibility index (Phi) is 5.17. The molecule has 0 nitrogen and oxygen atoms in total. The van der Waals surface area contributed by atoms with E-state index < -0.39 is 6.17 Å². The van der Waals surface area contributed by atoms with Gasteiger partial charge in [-0.2, -0.15) is 0 Å². The van der Waals surface area contributed by atoms with Gasteiger partial charge in [-0.1, -0.05) is 67.8 Å². The Balaban J connectivity index is 2.41. The third kappa shape index (κ3) is 3.20. The molecule has 0 bridgehead atoms. The van der Waals surface area contributed by atoms with Crippen LogP contribution in [0, 0.1) is 0 Å². The van der Waals surface area contributed by atoms with Crippen molar-refractivity contribution in [3.05, 3.63) is 59.7 Å². The lowest BCUT2D eigenvalue weighted by molar-refractivity contribution is 0.344. The molecule has 0 spiro atoms. The van der Waals surface area contributed by atoms with Gasteiger partial charge in [0.25, 0.3) is 0 Å². The van der Waals surface area contributed by atoms with Crippen LogP contribution in [0.25, 0.3) is 0 Å². The number of hydrogen-bond donors (Lipinski definition) is 0. The van der Waals surface area contributed by atoms with Crippen molar-refractivity contribution >= 4 is 0 Å². The maximum absolute atomic E-state index is 13.2. The smallest absolute Gasteiger partial charge is 0.116 e. The first-order valence-electron chi connectivity index (χ1n) is 7.73. The van der Waals surface area contributed by atoms with Crippen molar-refractivity contribution in [2.75, 3.05) is 0 Å². The first-order chi connectivity index (χ1) is 9.69. The molecule has 108 valence electrons.